The van der Waals surface area contributed by atoms with E-state index in [1.54, 1.807) is 31.2 Å². The Kier molecular flexibility index (Phi) is 4.76. The van der Waals surface area contributed by atoms with Crippen molar-refractivity contribution in [3.05, 3.63) is 63.5 Å². The number of nitro benzene ring substituents is 1. The molecule has 0 saturated heterocycles. The Morgan fingerprint density at radius 1 is 1.45 bits per heavy atom. The van der Waals surface area contributed by atoms with Gasteiger partial charge in [0.25, 0.3) is 11.6 Å². The van der Waals surface area contributed by atoms with Gasteiger partial charge in [-0.1, -0.05) is 12.1 Å². The van der Waals surface area contributed by atoms with Gasteiger partial charge in [0.1, 0.15) is 0 Å². The molecule has 0 aliphatic heterocycles. The Hall–Kier alpha value is -3.29. The number of aromatic nitrogens is 2. The molecular formula is C14H13N5O3. The van der Waals surface area contributed by atoms with Gasteiger partial charge in [0.2, 0.25) is 0 Å². The fraction of sp³-hybridized carbons (Fsp3) is 0.0714. The zero-order chi connectivity index (χ0) is 15.9. The molecule has 1 amide bonds. The van der Waals surface area contributed by atoms with Gasteiger partial charge in [-0.05, 0) is 31.2 Å². The fourth-order valence-corrected chi connectivity index (χ4v) is 1.67. The van der Waals surface area contributed by atoms with Gasteiger partial charge in [0, 0.05) is 18.0 Å². The molecule has 22 heavy (non-hydrogen) atoms. The molecular weight excluding hydrogens is 286 g/mol. The van der Waals surface area contributed by atoms with E-state index in [2.05, 4.69) is 20.7 Å². The van der Waals surface area contributed by atoms with Crippen LogP contribution in [0.2, 0.25) is 0 Å². The van der Waals surface area contributed by atoms with Crippen molar-refractivity contribution >= 4 is 23.9 Å². The number of H-pyrrole nitrogens is 1. The van der Waals surface area contributed by atoms with Gasteiger partial charge >= 0.3 is 0 Å². The molecule has 112 valence electrons. The number of hydrogen-bond donors (Lipinski definition) is 2. The van der Waals surface area contributed by atoms with Crippen molar-refractivity contribution in [3.63, 3.8) is 0 Å². The van der Waals surface area contributed by atoms with Gasteiger partial charge in [0.15, 0.2) is 5.69 Å². The van der Waals surface area contributed by atoms with Crippen LogP contribution >= 0.6 is 0 Å². The summed E-state index contributed by atoms with van der Waals surface area (Å²) in [7, 11) is 0. The topological polar surface area (TPSA) is 113 Å². The minimum atomic E-state index is -0.460. The van der Waals surface area contributed by atoms with Gasteiger partial charge in [-0.2, -0.15) is 10.2 Å². The Balaban J connectivity index is 1.95. The van der Waals surface area contributed by atoms with Crippen LogP contribution in [0.1, 0.15) is 21.7 Å². The largest absolute Gasteiger partial charge is 0.291 e. The molecule has 0 saturated carbocycles. The van der Waals surface area contributed by atoms with Crippen LogP contribution in [0.25, 0.3) is 6.08 Å². The Morgan fingerprint density at radius 3 is 2.91 bits per heavy atom. The summed E-state index contributed by atoms with van der Waals surface area (Å²) in [4.78, 5) is 22.0. The lowest BCUT2D eigenvalue weighted by Gasteiger charge is -1.95. The molecule has 0 aliphatic rings. The summed E-state index contributed by atoms with van der Waals surface area (Å²) in [6.45, 7) is 1.78. The predicted octanol–water partition coefficient (Wildman–Crippen LogP) is 2.06. The highest BCUT2D eigenvalue weighted by molar-refractivity contribution is 5.93. The van der Waals surface area contributed by atoms with Crippen LogP contribution in [-0.2, 0) is 0 Å². The number of hydrogen-bond acceptors (Lipinski definition) is 5. The Bertz CT molecular complexity index is 748. The third kappa shape index (κ3) is 3.85. The van der Waals surface area contributed by atoms with E-state index in [-0.39, 0.29) is 11.4 Å². The quantitative estimate of drug-likeness (QED) is 0.499. The normalized spacial score (nSPS) is 11.1. The number of nitrogens with zero attached hydrogens (tertiary/aromatic N) is 3. The van der Waals surface area contributed by atoms with Crippen LogP contribution in [0.15, 0.2) is 41.5 Å². The molecule has 8 nitrogen and oxygen atoms in total. The standard InChI is InChI=1S/C14H13N5O3/c1-10-9-12(17-16-10)14(20)18-15-8-4-6-11-5-2-3-7-13(11)19(21)22/h2-9H,1H3,(H,16,17)(H,18,20)/b6-4+,15-8-. The average molecular weight is 299 g/mol. The molecule has 0 spiro atoms. The summed E-state index contributed by atoms with van der Waals surface area (Å²) in [6, 6.07) is 7.92. The predicted molar refractivity (Wildman–Crippen MR) is 81.4 cm³/mol. The van der Waals surface area contributed by atoms with E-state index in [9.17, 15) is 14.9 Å². The highest BCUT2D eigenvalue weighted by Gasteiger charge is 2.09. The third-order valence-corrected chi connectivity index (χ3v) is 2.67. The van der Waals surface area contributed by atoms with Crippen molar-refractivity contribution < 1.29 is 9.72 Å². The van der Waals surface area contributed by atoms with Crippen molar-refractivity contribution in [1.82, 2.24) is 15.6 Å². The highest BCUT2D eigenvalue weighted by atomic mass is 16.6. The number of hydrazone groups is 1. The second-order valence-electron chi connectivity index (χ2n) is 4.33. The van der Waals surface area contributed by atoms with Gasteiger partial charge in [-0.3, -0.25) is 20.0 Å². The molecule has 0 bridgehead atoms. The van der Waals surface area contributed by atoms with Gasteiger partial charge in [-0.15, -0.1) is 0 Å². The molecule has 0 unspecified atom stereocenters. The molecule has 2 N–H and O–H groups in total. The maximum Gasteiger partial charge on any atom is 0.291 e. The first-order chi connectivity index (χ1) is 10.6. The lowest BCUT2D eigenvalue weighted by molar-refractivity contribution is -0.385. The van der Waals surface area contributed by atoms with Crippen LogP contribution in [-0.4, -0.2) is 27.2 Å². The monoisotopic (exact) mass is 299 g/mol. The molecule has 2 aromatic rings. The zero-order valence-electron chi connectivity index (χ0n) is 11.7. The first kappa shape index (κ1) is 15.1. The minimum Gasteiger partial charge on any atom is -0.282 e. The highest BCUT2D eigenvalue weighted by Crippen LogP contribution is 2.18. The number of carbonyl (C=O) groups excluding carboxylic acids is 1. The number of carbonyl (C=O) groups is 1. The first-order valence-electron chi connectivity index (χ1n) is 6.33. The number of rotatable bonds is 5. The molecule has 0 fully saturated rings. The van der Waals surface area contributed by atoms with Gasteiger partial charge < -0.3 is 0 Å². The van der Waals surface area contributed by atoms with Crippen LogP contribution in [0.3, 0.4) is 0 Å². The maximum absolute atomic E-state index is 11.6. The van der Waals surface area contributed by atoms with E-state index >= 15 is 0 Å². The fourth-order valence-electron chi connectivity index (χ4n) is 1.67. The van der Waals surface area contributed by atoms with E-state index < -0.39 is 10.8 Å². The lowest BCUT2D eigenvalue weighted by Crippen LogP contribution is -2.17. The van der Waals surface area contributed by atoms with Gasteiger partial charge in [0.05, 0.1) is 10.5 Å². The summed E-state index contributed by atoms with van der Waals surface area (Å²) in [6.07, 6.45) is 4.36. The molecule has 1 aromatic heterocycles. The molecule has 0 radical (unpaired) electrons. The molecule has 0 atom stereocenters. The maximum atomic E-state index is 11.6. The SMILES string of the molecule is Cc1cc(C(=O)N/N=C\C=C\c2ccccc2[N+](=O)[O-])n[nH]1. The van der Waals surface area contributed by atoms with Crippen molar-refractivity contribution in [2.75, 3.05) is 0 Å². The van der Waals surface area contributed by atoms with E-state index in [0.717, 1.165) is 5.69 Å². The average Bonchev–Trinajstić information content (AvgIpc) is 2.93. The number of allylic oxidation sites excluding steroid dienone is 1. The van der Waals surface area contributed by atoms with Crippen molar-refractivity contribution in [3.8, 4) is 0 Å². The molecule has 0 aliphatic carbocycles. The summed E-state index contributed by atoms with van der Waals surface area (Å²) in [5.74, 6) is -0.445. The first-order valence-corrected chi connectivity index (χ1v) is 6.33. The molecule has 2 rings (SSSR count). The Labute approximate surface area is 125 Å². The zero-order valence-corrected chi connectivity index (χ0v) is 11.7. The van der Waals surface area contributed by atoms with Crippen LogP contribution < -0.4 is 5.43 Å². The summed E-state index contributed by atoms with van der Waals surface area (Å²) < 4.78 is 0. The summed E-state index contributed by atoms with van der Waals surface area (Å²) in [5.41, 5.74) is 3.76. The van der Waals surface area contributed by atoms with Crippen LogP contribution in [0.5, 0.6) is 0 Å². The van der Waals surface area contributed by atoms with Crippen molar-refractivity contribution in [1.29, 1.82) is 0 Å². The number of aryl methyl sites for hydroxylation is 1. The van der Waals surface area contributed by atoms with Crippen molar-refractivity contribution in [2.45, 2.75) is 6.92 Å². The second kappa shape index (κ2) is 6.93. The molecule has 8 heteroatoms. The second-order valence-corrected chi connectivity index (χ2v) is 4.33. The number of para-hydroxylation sites is 1. The van der Waals surface area contributed by atoms with E-state index in [0.29, 0.717) is 5.56 Å². The summed E-state index contributed by atoms with van der Waals surface area (Å²) in [5, 5.41) is 21.0. The van der Waals surface area contributed by atoms with E-state index in [1.165, 1.54) is 24.4 Å². The molecule has 1 aromatic carbocycles. The van der Waals surface area contributed by atoms with Crippen molar-refractivity contribution in [2.24, 2.45) is 5.10 Å². The smallest absolute Gasteiger partial charge is 0.282 e. The Morgan fingerprint density at radius 2 is 2.23 bits per heavy atom. The third-order valence-electron chi connectivity index (χ3n) is 2.67. The van der Waals surface area contributed by atoms with Gasteiger partial charge in [-0.25, -0.2) is 5.43 Å². The van der Waals surface area contributed by atoms with E-state index in [1.807, 2.05) is 0 Å². The number of aromatic amines is 1. The molecule has 1 heterocycles. The number of benzene rings is 1. The lowest BCUT2D eigenvalue weighted by atomic mass is 10.2. The van der Waals surface area contributed by atoms with E-state index in [4.69, 9.17) is 0 Å². The minimum absolute atomic E-state index is 0.00295. The van der Waals surface area contributed by atoms with Crippen LogP contribution in [0, 0.1) is 17.0 Å². The number of amides is 1. The number of nitrogens with one attached hydrogen (secondary N) is 2. The number of nitro groups is 1. The summed E-state index contributed by atoms with van der Waals surface area (Å²) >= 11 is 0. The van der Waals surface area contributed by atoms with Crippen LogP contribution in [0.4, 0.5) is 5.69 Å².